The molecule has 0 bridgehead atoms. The lowest BCUT2D eigenvalue weighted by molar-refractivity contribution is -0.121. The Morgan fingerprint density at radius 1 is 1.14 bits per heavy atom. The van der Waals surface area contributed by atoms with Crippen LogP contribution in [0, 0.1) is 12.7 Å². The Morgan fingerprint density at radius 2 is 2.00 bits per heavy atom. The molecule has 2 aromatic heterocycles. The number of nitrogens with one attached hydrogen (secondary N) is 2. The van der Waals surface area contributed by atoms with Crippen LogP contribution in [0.25, 0.3) is 10.9 Å². The molecule has 1 atom stereocenters. The number of rotatable bonds is 6. The van der Waals surface area contributed by atoms with Crippen LogP contribution in [0.2, 0.25) is 0 Å². The van der Waals surface area contributed by atoms with Crippen LogP contribution in [0.5, 0.6) is 0 Å². The number of halogens is 1. The number of aryl methyl sites for hydroxylation is 1. The van der Waals surface area contributed by atoms with Gasteiger partial charge in [0.15, 0.2) is 0 Å². The molecule has 0 aliphatic carbocycles. The van der Waals surface area contributed by atoms with Crippen LogP contribution >= 0.6 is 0 Å². The molecule has 4 rings (SSSR count). The SMILES string of the molecule is Cc1ccc(F)c(C(CC(=O)NCc2ccco2)c2c[nH]c3ccccc23)c1. The molecule has 2 heterocycles. The number of hydrogen-bond acceptors (Lipinski definition) is 2. The molecule has 0 fully saturated rings. The first-order chi connectivity index (χ1) is 13.6. The summed E-state index contributed by atoms with van der Waals surface area (Å²) in [5.41, 5.74) is 3.36. The second-order valence-electron chi connectivity index (χ2n) is 6.93. The summed E-state index contributed by atoms with van der Waals surface area (Å²) >= 11 is 0. The first-order valence-electron chi connectivity index (χ1n) is 9.23. The summed E-state index contributed by atoms with van der Waals surface area (Å²) in [5, 5.41) is 3.86. The lowest BCUT2D eigenvalue weighted by Crippen LogP contribution is -2.25. The van der Waals surface area contributed by atoms with Gasteiger partial charge in [0, 0.05) is 29.4 Å². The van der Waals surface area contributed by atoms with Crippen molar-refractivity contribution in [3.63, 3.8) is 0 Å². The van der Waals surface area contributed by atoms with Gasteiger partial charge in [-0.3, -0.25) is 4.79 Å². The number of hydrogen-bond donors (Lipinski definition) is 2. The summed E-state index contributed by atoms with van der Waals surface area (Å²) in [4.78, 5) is 15.9. The normalized spacial score (nSPS) is 12.2. The number of H-pyrrole nitrogens is 1. The van der Waals surface area contributed by atoms with Gasteiger partial charge < -0.3 is 14.7 Å². The van der Waals surface area contributed by atoms with Gasteiger partial charge in [0.1, 0.15) is 11.6 Å². The Hall–Kier alpha value is -3.34. The van der Waals surface area contributed by atoms with E-state index in [1.807, 2.05) is 43.5 Å². The largest absolute Gasteiger partial charge is 0.467 e. The topological polar surface area (TPSA) is 58.0 Å². The molecule has 0 spiro atoms. The molecule has 0 radical (unpaired) electrons. The number of amides is 1. The number of carbonyl (C=O) groups excluding carboxylic acids is 1. The average molecular weight is 376 g/mol. The highest BCUT2D eigenvalue weighted by atomic mass is 19.1. The van der Waals surface area contributed by atoms with Gasteiger partial charge in [-0.25, -0.2) is 4.39 Å². The molecule has 0 aliphatic rings. The van der Waals surface area contributed by atoms with E-state index in [9.17, 15) is 9.18 Å². The highest BCUT2D eigenvalue weighted by Gasteiger charge is 2.24. The van der Waals surface area contributed by atoms with Crippen LogP contribution < -0.4 is 5.32 Å². The fourth-order valence-corrected chi connectivity index (χ4v) is 3.56. The van der Waals surface area contributed by atoms with E-state index in [1.165, 1.54) is 6.07 Å². The maximum Gasteiger partial charge on any atom is 0.221 e. The zero-order valence-corrected chi connectivity index (χ0v) is 15.5. The van der Waals surface area contributed by atoms with Crippen molar-refractivity contribution >= 4 is 16.8 Å². The summed E-state index contributed by atoms with van der Waals surface area (Å²) in [5.74, 6) is -0.182. The van der Waals surface area contributed by atoms with Crippen LogP contribution in [0.3, 0.4) is 0 Å². The van der Waals surface area contributed by atoms with E-state index >= 15 is 0 Å². The van der Waals surface area contributed by atoms with Gasteiger partial charge in [0.25, 0.3) is 0 Å². The van der Waals surface area contributed by atoms with Gasteiger partial charge >= 0.3 is 0 Å². The van der Waals surface area contributed by atoms with Gasteiger partial charge in [-0.05, 0) is 42.3 Å². The third-order valence-electron chi connectivity index (χ3n) is 4.95. The number of carbonyl (C=O) groups is 1. The zero-order valence-electron chi connectivity index (χ0n) is 15.5. The number of aromatic nitrogens is 1. The third kappa shape index (κ3) is 3.69. The van der Waals surface area contributed by atoms with Crippen molar-refractivity contribution in [2.75, 3.05) is 0 Å². The van der Waals surface area contributed by atoms with Gasteiger partial charge in [-0.2, -0.15) is 0 Å². The van der Waals surface area contributed by atoms with Gasteiger partial charge in [-0.15, -0.1) is 0 Å². The maximum absolute atomic E-state index is 14.7. The predicted molar refractivity (Wildman–Crippen MR) is 106 cm³/mol. The summed E-state index contributed by atoms with van der Waals surface area (Å²) in [6.45, 7) is 2.23. The van der Waals surface area contributed by atoms with E-state index in [4.69, 9.17) is 4.42 Å². The number of para-hydroxylation sites is 1. The Kier molecular flexibility index (Phi) is 4.98. The Morgan fingerprint density at radius 3 is 2.82 bits per heavy atom. The minimum Gasteiger partial charge on any atom is -0.467 e. The minimum absolute atomic E-state index is 0.142. The van der Waals surface area contributed by atoms with E-state index < -0.39 is 5.92 Å². The fraction of sp³-hybridized carbons (Fsp3) is 0.174. The molecular weight excluding hydrogens is 355 g/mol. The number of fused-ring (bicyclic) bond motifs is 1. The standard InChI is InChI=1S/C23H21FN2O2/c1-15-8-9-21(24)19(11-15)18(12-23(27)26-13-16-5-4-10-28-16)20-14-25-22-7-3-2-6-17(20)22/h2-11,14,18,25H,12-13H2,1H3,(H,26,27). The van der Waals surface area contributed by atoms with Gasteiger partial charge in [0.05, 0.1) is 12.8 Å². The summed E-state index contributed by atoms with van der Waals surface area (Å²) < 4.78 is 20.0. The third-order valence-corrected chi connectivity index (χ3v) is 4.95. The van der Waals surface area contributed by atoms with Crippen LogP contribution in [0.4, 0.5) is 4.39 Å². The minimum atomic E-state index is -0.396. The van der Waals surface area contributed by atoms with E-state index in [-0.39, 0.29) is 18.1 Å². The molecule has 4 nitrogen and oxygen atoms in total. The number of benzene rings is 2. The second kappa shape index (κ2) is 7.72. The lowest BCUT2D eigenvalue weighted by atomic mass is 9.87. The molecule has 2 aromatic carbocycles. The van der Waals surface area contributed by atoms with E-state index in [0.29, 0.717) is 17.9 Å². The van der Waals surface area contributed by atoms with Gasteiger partial charge in [-0.1, -0.05) is 35.9 Å². The molecule has 5 heteroatoms. The van der Waals surface area contributed by atoms with Crippen molar-refractivity contribution in [3.8, 4) is 0 Å². The molecule has 28 heavy (non-hydrogen) atoms. The maximum atomic E-state index is 14.7. The molecule has 1 amide bonds. The highest BCUT2D eigenvalue weighted by molar-refractivity contribution is 5.86. The van der Waals surface area contributed by atoms with Crippen molar-refractivity contribution in [1.82, 2.24) is 10.3 Å². The Bertz CT molecular complexity index is 1100. The van der Waals surface area contributed by atoms with E-state index in [1.54, 1.807) is 24.5 Å². The molecule has 4 aromatic rings. The molecule has 2 N–H and O–H groups in total. The van der Waals surface area contributed by atoms with Crippen molar-refractivity contribution < 1.29 is 13.6 Å². The predicted octanol–water partition coefficient (Wildman–Crippen LogP) is 5.05. The molecule has 0 aliphatic heterocycles. The number of aromatic amines is 1. The van der Waals surface area contributed by atoms with Crippen LogP contribution in [0.1, 0.15) is 34.8 Å². The quantitative estimate of drug-likeness (QED) is 0.495. The van der Waals surface area contributed by atoms with Gasteiger partial charge in [0.2, 0.25) is 5.91 Å². The first kappa shape index (κ1) is 18.0. The molecule has 142 valence electrons. The van der Waals surface area contributed by atoms with Crippen molar-refractivity contribution in [3.05, 3.63) is 95.3 Å². The highest BCUT2D eigenvalue weighted by Crippen LogP contribution is 2.35. The summed E-state index contributed by atoms with van der Waals surface area (Å²) in [6, 6.07) is 16.5. The van der Waals surface area contributed by atoms with Crippen LogP contribution in [-0.2, 0) is 11.3 Å². The summed E-state index contributed by atoms with van der Waals surface area (Å²) in [6.07, 6.45) is 3.58. The summed E-state index contributed by atoms with van der Waals surface area (Å²) in [7, 11) is 0. The van der Waals surface area contributed by atoms with Crippen LogP contribution in [-0.4, -0.2) is 10.9 Å². The monoisotopic (exact) mass is 376 g/mol. The second-order valence-corrected chi connectivity index (χ2v) is 6.93. The molecule has 0 saturated carbocycles. The molecular formula is C23H21FN2O2. The van der Waals surface area contributed by atoms with Crippen molar-refractivity contribution in [2.45, 2.75) is 25.8 Å². The molecule has 0 saturated heterocycles. The zero-order chi connectivity index (χ0) is 19.5. The van der Waals surface area contributed by atoms with E-state index in [2.05, 4.69) is 10.3 Å². The first-order valence-corrected chi connectivity index (χ1v) is 9.23. The van der Waals surface area contributed by atoms with Crippen molar-refractivity contribution in [2.24, 2.45) is 0 Å². The number of furan rings is 1. The molecule has 1 unspecified atom stereocenters. The average Bonchev–Trinajstić information content (AvgIpc) is 3.36. The Labute approximate surface area is 162 Å². The van der Waals surface area contributed by atoms with Crippen molar-refractivity contribution in [1.29, 1.82) is 0 Å². The lowest BCUT2D eigenvalue weighted by Gasteiger charge is -2.18. The smallest absolute Gasteiger partial charge is 0.221 e. The Balaban J connectivity index is 1.67. The fourth-order valence-electron chi connectivity index (χ4n) is 3.56. The van der Waals surface area contributed by atoms with E-state index in [0.717, 1.165) is 22.0 Å². The van der Waals surface area contributed by atoms with Crippen LogP contribution in [0.15, 0.2) is 71.5 Å².